The molecule has 0 spiro atoms. The van der Waals surface area contributed by atoms with Gasteiger partial charge < -0.3 is 10.2 Å². The molecule has 1 aliphatic rings. The van der Waals surface area contributed by atoms with Gasteiger partial charge in [-0.15, -0.1) is 0 Å². The van der Waals surface area contributed by atoms with Gasteiger partial charge in [0.05, 0.1) is 18.5 Å². The maximum atomic E-state index is 12.3. The van der Waals surface area contributed by atoms with E-state index in [0.29, 0.717) is 19.6 Å². The van der Waals surface area contributed by atoms with Crippen molar-refractivity contribution in [3.8, 4) is 6.07 Å². The quantitative estimate of drug-likeness (QED) is 0.878. The summed E-state index contributed by atoms with van der Waals surface area (Å²) in [6.07, 6.45) is 3.36. The van der Waals surface area contributed by atoms with Crippen LogP contribution in [0.25, 0.3) is 0 Å². The number of likely N-dealkylation sites (N-methyl/N-ethyl adjacent to an activating group) is 1. The van der Waals surface area contributed by atoms with Crippen molar-refractivity contribution in [2.75, 3.05) is 19.6 Å². The molecule has 0 heterocycles. The van der Waals surface area contributed by atoms with E-state index in [1.807, 2.05) is 13.8 Å². The van der Waals surface area contributed by atoms with Crippen LogP contribution in [0.2, 0.25) is 0 Å². The van der Waals surface area contributed by atoms with E-state index in [4.69, 9.17) is 5.26 Å². The van der Waals surface area contributed by atoms with E-state index < -0.39 is 0 Å². The number of hydrogen-bond donors (Lipinski definition) is 1. The van der Waals surface area contributed by atoms with Crippen LogP contribution in [-0.2, 0) is 11.2 Å². The molecule has 0 saturated heterocycles. The van der Waals surface area contributed by atoms with E-state index in [-0.39, 0.29) is 17.9 Å². The third-order valence-corrected chi connectivity index (χ3v) is 4.32. The fraction of sp³-hybridized carbons (Fsp3) is 0.556. The monoisotopic (exact) mass is 299 g/mol. The van der Waals surface area contributed by atoms with Gasteiger partial charge in [-0.3, -0.25) is 4.79 Å². The molecule has 2 atom stereocenters. The topological polar surface area (TPSA) is 56.1 Å². The van der Waals surface area contributed by atoms with Crippen LogP contribution < -0.4 is 5.32 Å². The van der Waals surface area contributed by atoms with Crippen LogP contribution in [-0.4, -0.2) is 30.4 Å². The molecule has 0 unspecified atom stereocenters. The second-order valence-corrected chi connectivity index (χ2v) is 5.99. The maximum absolute atomic E-state index is 12.3. The molecule has 2 rings (SSSR count). The van der Waals surface area contributed by atoms with Crippen LogP contribution in [0.15, 0.2) is 24.3 Å². The number of hydrogen-bond acceptors (Lipinski definition) is 3. The molecule has 1 N–H and O–H groups in total. The fourth-order valence-electron chi connectivity index (χ4n) is 3.07. The summed E-state index contributed by atoms with van der Waals surface area (Å²) in [7, 11) is 0. The number of carbonyl (C=O) groups is 1. The predicted octanol–water partition coefficient (Wildman–Crippen LogP) is 2.66. The Hall–Kier alpha value is -1.86. The molecule has 0 saturated carbocycles. The lowest BCUT2D eigenvalue weighted by atomic mass is 9.88. The standard InChI is InChI=1S/C18H25N3O/c1-3-21(13-14(2)11-19)18(22)12-20-17-10-6-8-15-7-4-5-9-16(15)17/h4-5,7,9,14,17,20H,3,6,8,10,12-13H2,1-2H3/t14-,17-/m1/s1. The lowest BCUT2D eigenvalue weighted by molar-refractivity contribution is -0.130. The van der Waals surface area contributed by atoms with Gasteiger partial charge in [-0.2, -0.15) is 5.26 Å². The summed E-state index contributed by atoms with van der Waals surface area (Å²) in [5.41, 5.74) is 2.72. The summed E-state index contributed by atoms with van der Waals surface area (Å²) < 4.78 is 0. The van der Waals surface area contributed by atoms with Crippen molar-refractivity contribution in [1.29, 1.82) is 5.26 Å². The number of aryl methyl sites for hydroxylation is 1. The fourth-order valence-corrected chi connectivity index (χ4v) is 3.07. The molecular weight excluding hydrogens is 274 g/mol. The Balaban J connectivity index is 1.93. The van der Waals surface area contributed by atoms with Crippen LogP contribution in [0.5, 0.6) is 0 Å². The predicted molar refractivity (Wildman–Crippen MR) is 87.2 cm³/mol. The van der Waals surface area contributed by atoms with E-state index >= 15 is 0 Å². The van der Waals surface area contributed by atoms with Gasteiger partial charge in [-0.1, -0.05) is 24.3 Å². The highest BCUT2D eigenvalue weighted by molar-refractivity contribution is 5.78. The highest BCUT2D eigenvalue weighted by Gasteiger charge is 2.21. The van der Waals surface area contributed by atoms with Crippen LogP contribution in [0, 0.1) is 17.2 Å². The molecule has 1 aromatic rings. The molecule has 0 aliphatic heterocycles. The largest absolute Gasteiger partial charge is 0.341 e. The number of benzene rings is 1. The van der Waals surface area contributed by atoms with Crippen LogP contribution >= 0.6 is 0 Å². The zero-order chi connectivity index (χ0) is 15.9. The van der Waals surface area contributed by atoms with Crippen molar-refractivity contribution < 1.29 is 4.79 Å². The van der Waals surface area contributed by atoms with Crippen molar-refractivity contribution in [2.24, 2.45) is 5.92 Å². The van der Waals surface area contributed by atoms with Gasteiger partial charge in [0.25, 0.3) is 0 Å². The van der Waals surface area contributed by atoms with Crippen molar-refractivity contribution in [2.45, 2.75) is 39.2 Å². The molecule has 118 valence electrons. The zero-order valence-corrected chi connectivity index (χ0v) is 13.5. The molecule has 1 aliphatic carbocycles. The Labute approximate surface area is 133 Å². The molecule has 1 aromatic carbocycles. The van der Waals surface area contributed by atoms with Crippen molar-refractivity contribution >= 4 is 5.91 Å². The molecule has 0 aromatic heterocycles. The van der Waals surface area contributed by atoms with Gasteiger partial charge in [-0.05, 0) is 44.2 Å². The third kappa shape index (κ3) is 4.08. The Bertz CT molecular complexity index is 550. The highest BCUT2D eigenvalue weighted by Crippen LogP contribution is 2.29. The van der Waals surface area contributed by atoms with Crippen molar-refractivity contribution in [1.82, 2.24) is 10.2 Å². The van der Waals surface area contributed by atoms with E-state index in [9.17, 15) is 4.79 Å². The molecular formula is C18H25N3O. The average Bonchev–Trinajstić information content (AvgIpc) is 2.57. The van der Waals surface area contributed by atoms with Crippen molar-refractivity contribution in [3.05, 3.63) is 35.4 Å². The second kappa shape index (κ2) is 7.95. The lowest BCUT2D eigenvalue weighted by Gasteiger charge is -2.28. The number of rotatable bonds is 6. The number of fused-ring (bicyclic) bond motifs is 1. The van der Waals surface area contributed by atoms with Gasteiger partial charge in [-0.25, -0.2) is 0 Å². The summed E-state index contributed by atoms with van der Waals surface area (Å²) in [4.78, 5) is 14.1. The maximum Gasteiger partial charge on any atom is 0.236 e. The van der Waals surface area contributed by atoms with Gasteiger partial charge in [0.2, 0.25) is 5.91 Å². The normalized spacial score (nSPS) is 18.1. The average molecular weight is 299 g/mol. The minimum absolute atomic E-state index is 0.0765. The first-order chi connectivity index (χ1) is 10.7. The SMILES string of the molecule is CCN(C[C@H](C)C#N)C(=O)CN[C@@H]1CCCc2ccccc21. The van der Waals surface area contributed by atoms with Gasteiger partial charge in [0.1, 0.15) is 0 Å². The number of carbonyl (C=O) groups excluding carboxylic acids is 1. The molecule has 0 fully saturated rings. The molecule has 4 heteroatoms. The number of nitriles is 1. The van der Waals surface area contributed by atoms with Gasteiger partial charge in [0.15, 0.2) is 0 Å². The van der Waals surface area contributed by atoms with Gasteiger partial charge >= 0.3 is 0 Å². The number of nitrogens with zero attached hydrogens (tertiary/aromatic N) is 2. The van der Waals surface area contributed by atoms with E-state index in [0.717, 1.165) is 19.3 Å². The summed E-state index contributed by atoms with van der Waals surface area (Å²) in [5.74, 6) is -0.0491. The Kier molecular flexibility index (Phi) is 5.97. The smallest absolute Gasteiger partial charge is 0.236 e. The lowest BCUT2D eigenvalue weighted by Crippen LogP contribution is -2.41. The summed E-state index contributed by atoms with van der Waals surface area (Å²) in [6.45, 7) is 5.30. The Morgan fingerprint density at radius 1 is 1.50 bits per heavy atom. The summed E-state index contributed by atoms with van der Waals surface area (Å²) in [6, 6.07) is 10.9. The minimum Gasteiger partial charge on any atom is -0.341 e. The molecule has 0 radical (unpaired) electrons. The first kappa shape index (κ1) is 16.5. The molecule has 22 heavy (non-hydrogen) atoms. The van der Waals surface area contributed by atoms with E-state index in [1.165, 1.54) is 11.1 Å². The Morgan fingerprint density at radius 2 is 2.27 bits per heavy atom. The number of nitrogens with one attached hydrogen (secondary N) is 1. The molecule has 1 amide bonds. The summed E-state index contributed by atoms with van der Waals surface area (Å²) in [5, 5.41) is 12.3. The molecule has 4 nitrogen and oxygen atoms in total. The van der Waals surface area contributed by atoms with Crippen molar-refractivity contribution in [3.63, 3.8) is 0 Å². The first-order valence-electron chi connectivity index (χ1n) is 8.14. The Morgan fingerprint density at radius 3 is 3.00 bits per heavy atom. The third-order valence-electron chi connectivity index (χ3n) is 4.32. The highest BCUT2D eigenvalue weighted by atomic mass is 16.2. The van der Waals surface area contributed by atoms with E-state index in [2.05, 4.69) is 35.7 Å². The van der Waals surface area contributed by atoms with Crippen LogP contribution in [0.1, 0.15) is 43.9 Å². The van der Waals surface area contributed by atoms with Crippen LogP contribution in [0.3, 0.4) is 0 Å². The van der Waals surface area contributed by atoms with Gasteiger partial charge in [0, 0.05) is 19.1 Å². The molecule has 0 bridgehead atoms. The minimum atomic E-state index is -0.126. The second-order valence-electron chi connectivity index (χ2n) is 5.99. The summed E-state index contributed by atoms with van der Waals surface area (Å²) >= 11 is 0. The number of amides is 1. The van der Waals surface area contributed by atoms with E-state index in [1.54, 1.807) is 4.90 Å². The zero-order valence-electron chi connectivity index (χ0n) is 13.5. The van der Waals surface area contributed by atoms with Crippen LogP contribution in [0.4, 0.5) is 0 Å². The first-order valence-corrected chi connectivity index (χ1v) is 8.14.